The Bertz CT molecular complexity index is 1420. The Morgan fingerprint density at radius 1 is 1.11 bits per heavy atom. The highest BCUT2D eigenvalue weighted by Gasteiger charge is 2.39. The molecule has 1 aliphatic heterocycles. The number of nitrogens with one attached hydrogen (secondary N) is 3. The molecule has 1 fully saturated rings. The number of hydrogen-bond acceptors (Lipinski definition) is 5. The van der Waals surface area contributed by atoms with Crippen molar-refractivity contribution in [1.82, 2.24) is 35.1 Å². The first kappa shape index (κ1) is 23.5. The summed E-state index contributed by atoms with van der Waals surface area (Å²) in [7, 11) is 0. The number of carbonyl (C=O) groups is 3. The van der Waals surface area contributed by atoms with E-state index in [1.54, 1.807) is 0 Å². The largest absolute Gasteiger partial charge is 0.361 e. The quantitative estimate of drug-likeness (QED) is 0.313. The zero-order chi connectivity index (χ0) is 25.2. The van der Waals surface area contributed by atoms with Crippen LogP contribution >= 0.6 is 0 Å². The van der Waals surface area contributed by atoms with Crippen LogP contribution in [0.4, 0.5) is 4.79 Å². The molecule has 3 N–H and O–H groups in total. The van der Waals surface area contributed by atoms with Crippen molar-refractivity contribution in [3.8, 4) is 0 Å². The molecule has 2 atom stereocenters. The Morgan fingerprint density at radius 3 is 2.75 bits per heavy atom. The third-order valence-corrected chi connectivity index (χ3v) is 6.47. The first-order valence-corrected chi connectivity index (χ1v) is 12.2. The van der Waals surface area contributed by atoms with E-state index in [-0.39, 0.29) is 30.8 Å². The molecule has 186 valence electrons. The Labute approximate surface area is 208 Å². The maximum Gasteiger partial charge on any atom is 0.324 e. The van der Waals surface area contributed by atoms with Crippen molar-refractivity contribution in [1.29, 1.82) is 0 Å². The normalized spacial score (nSPS) is 16.8. The lowest BCUT2D eigenvalue weighted by atomic mass is 10.0. The molecule has 0 spiro atoms. The fourth-order valence-electron chi connectivity index (χ4n) is 4.73. The summed E-state index contributed by atoms with van der Waals surface area (Å²) in [6.45, 7) is 4.37. The highest BCUT2D eigenvalue weighted by Crippen LogP contribution is 2.22. The number of nitrogens with zero attached hydrogens (tertiary/aromatic N) is 4. The summed E-state index contributed by atoms with van der Waals surface area (Å²) in [6.07, 6.45) is 4.80. The van der Waals surface area contributed by atoms with Gasteiger partial charge in [-0.1, -0.05) is 38.1 Å². The molecule has 5 rings (SSSR count). The number of carbonyl (C=O) groups excluding carboxylic acids is 3. The Balaban J connectivity index is 1.23. The second kappa shape index (κ2) is 9.80. The topological polar surface area (TPSA) is 124 Å². The monoisotopic (exact) mass is 487 g/mol. The third kappa shape index (κ3) is 4.66. The van der Waals surface area contributed by atoms with E-state index in [2.05, 4.69) is 39.7 Å². The summed E-state index contributed by atoms with van der Waals surface area (Å²) in [5.41, 5.74) is 2.74. The van der Waals surface area contributed by atoms with Gasteiger partial charge in [-0.2, -0.15) is 0 Å². The molecule has 0 unspecified atom stereocenters. The van der Waals surface area contributed by atoms with Gasteiger partial charge in [0.2, 0.25) is 5.91 Å². The molecule has 4 amide bonds. The molecule has 0 bridgehead atoms. The predicted molar refractivity (Wildman–Crippen MR) is 134 cm³/mol. The van der Waals surface area contributed by atoms with Crippen molar-refractivity contribution in [3.63, 3.8) is 0 Å². The van der Waals surface area contributed by atoms with Crippen molar-refractivity contribution < 1.29 is 14.4 Å². The van der Waals surface area contributed by atoms with Gasteiger partial charge in [0.1, 0.15) is 6.04 Å². The van der Waals surface area contributed by atoms with E-state index >= 15 is 0 Å². The van der Waals surface area contributed by atoms with E-state index in [9.17, 15) is 14.4 Å². The Hall–Kier alpha value is -4.21. The van der Waals surface area contributed by atoms with Crippen LogP contribution in [0, 0.1) is 5.92 Å². The molecule has 3 aromatic heterocycles. The van der Waals surface area contributed by atoms with Crippen LogP contribution in [-0.2, 0) is 16.0 Å². The van der Waals surface area contributed by atoms with Gasteiger partial charge in [0, 0.05) is 29.8 Å². The van der Waals surface area contributed by atoms with Gasteiger partial charge in [-0.25, -0.2) is 4.79 Å². The van der Waals surface area contributed by atoms with E-state index in [1.165, 1.54) is 4.90 Å². The van der Waals surface area contributed by atoms with E-state index in [4.69, 9.17) is 0 Å². The second-order valence-electron chi connectivity index (χ2n) is 9.54. The molecule has 1 aromatic carbocycles. The van der Waals surface area contributed by atoms with Gasteiger partial charge in [0.15, 0.2) is 11.5 Å². The lowest BCUT2D eigenvalue weighted by Crippen LogP contribution is -2.38. The van der Waals surface area contributed by atoms with Crippen LogP contribution in [0.25, 0.3) is 16.6 Å². The van der Waals surface area contributed by atoms with Gasteiger partial charge in [-0.05, 0) is 42.5 Å². The maximum atomic E-state index is 13.0. The van der Waals surface area contributed by atoms with Crippen LogP contribution in [0.1, 0.15) is 44.1 Å². The molecule has 0 aliphatic carbocycles. The molecule has 10 nitrogen and oxygen atoms in total. The number of H-pyrrole nitrogens is 1. The number of rotatable bonds is 9. The Morgan fingerprint density at radius 2 is 1.92 bits per heavy atom. The standard InChI is InChI=1S/C26H29N7O3/c1-16(2)13-20(24-31-30-22-9-5-6-11-32(22)24)28-23(34)14-21-25(35)33(26(36)29-21)12-10-17-15-27-19-8-4-3-7-18(17)19/h3-9,11,15-16,20-21,27H,10,12-14H2,1-2H3,(H,28,34)(H,29,36)/t20-,21+/m1/s1. The van der Waals surface area contributed by atoms with E-state index in [0.717, 1.165) is 16.5 Å². The van der Waals surface area contributed by atoms with Crippen molar-refractivity contribution in [2.45, 2.75) is 45.2 Å². The minimum atomic E-state index is -0.893. The Kier molecular flexibility index (Phi) is 6.41. The number of amides is 4. The molecule has 1 aliphatic rings. The van der Waals surface area contributed by atoms with Crippen LogP contribution in [0.15, 0.2) is 54.9 Å². The summed E-state index contributed by atoms with van der Waals surface area (Å²) >= 11 is 0. The van der Waals surface area contributed by atoms with E-state index in [0.29, 0.717) is 30.2 Å². The van der Waals surface area contributed by atoms with Crippen LogP contribution in [0.3, 0.4) is 0 Å². The highest BCUT2D eigenvalue weighted by molar-refractivity contribution is 6.05. The van der Waals surface area contributed by atoms with Gasteiger partial charge in [-0.3, -0.25) is 18.9 Å². The second-order valence-corrected chi connectivity index (χ2v) is 9.54. The molecule has 10 heteroatoms. The SMILES string of the molecule is CC(C)C[C@@H](NC(=O)C[C@@H]1NC(=O)N(CCc2c[nH]c3ccccc23)C1=O)c1nnc2ccccn12. The molecular formula is C26H29N7O3. The number of aromatic amines is 1. The van der Waals surface area contributed by atoms with E-state index in [1.807, 2.05) is 59.3 Å². The lowest BCUT2D eigenvalue weighted by molar-refractivity contribution is -0.131. The molecular weight excluding hydrogens is 458 g/mol. The fraction of sp³-hybridized carbons (Fsp3) is 0.346. The van der Waals surface area contributed by atoms with Crippen molar-refractivity contribution >= 4 is 34.4 Å². The maximum absolute atomic E-state index is 13.0. The summed E-state index contributed by atoms with van der Waals surface area (Å²) in [6, 6.07) is 11.8. The van der Waals surface area contributed by atoms with Crippen molar-refractivity contribution in [2.24, 2.45) is 5.92 Å². The number of fused-ring (bicyclic) bond motifs is 2. The molecule has 0 saturated carbocycles. The zero-order valence-corrected chi connectivity index (χ0v) is 20.3. The van der Waals surface area contributed by atoms with Crippen LogP contribution in [-0.4, -0.2) is 54.9 Å². The van der Waals surface area contributed by atoms with Crippen LogP contribution < -0.4 is 10.6 Å². The number of para-hydroxylation sites is 1. The molecule has 0 radical (unpaired) electrons. The number of pyridine rings is 1. The van der Waals surface area contributed by atoms with Crippen molar-refractivity contribution in [3.05, 3.63) is 66.2 Å². The number of benzene rings is 1. The average molecular weight is 488 g/mol. The predicted octanol–water partition coefficient (Wildman–Crippen LogP) is 2.97. The zero-order valence-electron chi connectivity index (χ0n) is 20.3. The first-order chi connectivity index (χ1) is 17.4. The van der Waals surface area contributed by atoms with E-state index < -0.39 is 12.1 Å². The van der Waals surface area contributed by atoms with Crippen LogP contribution in [0.2, 0.25) is 0 Å². The van der Waals surface area contributed by atoms with Gasteiger partial charge >= 0.3 is 6.03 Å². The summed E-state index contributed by atoms with van der Waals surface area (Å²) in [5, 5.41) is 15.2. The molecule has 1 saturated heterocycles. The lowest BCUT2D eigenvalue weighted by Gasteiger charge is -2.20. The average Bonchev–Trinajstić information content (AvgIpc) is 3.53. The first-order valence-electron chi connectivity index (χ1n) is 12.2. The number of aromatic nitrogens is 4. The van der Waals surface area contributed by atoms with Gasteiger partial charge in [0.25, 0.3) is 5.91 Å². The third-order valence-electron chi connectivity index (χ3n) is 6.47. The minimum Gasteiger partial charge on any atom is -0.361 e. The fourth-order valence-corrected chi connectivity index (χ4v) is 4.73. The summed E-state index contributed by atoms with van der Waals surface area (Å²) < 4.78 is 1.85. The highest BCUT2D eigenvalue weighted by atomic mass is 16.2. The molecule has 4 aromatic rings. The minimum absolute atomic E-state index is 0.139. The number of hydrogen-bond donors (Lipinski definition) is 3. The van der Waals surface area contributed by atoms with Crippen molar-refractivity contribution in [2.75, 3.05) is 6.54 Å². The number of imide groups is 1. The van der Waals surface area contributed by atoms with Gasteiger partial charge in [0.05, 0.1) is 12.5 Å². The summed E-state index contributed by atoms with van der Waals surface area (Å²) in [4.78, 5) is 42.9. The van der Waals surface area contributed by atoms with Gasteiger partial charge < -0.3 is 15.6 Å². The molecule has 36 heavy (non-hydrogen) atoms. The number of urea groups is 1. The summed E-state index contributed by atoms with van der Waals surface area (Å²) in [5.74, 6) is 0.211. The van der Waals surface area contributed by atoms with Crippen LogP contribution in [0.5, 0.6) is 0 Å². The van der Waals surface area contributed by atoms with Gasteiger partial charge in [-0.15, -0.1) is 10.2 Å². The smallest absolute Gasteiger partial charge is 0.324 e. The molecule has 4 heterocycles.